The first-order valence-electron chi connectivity index (χ1n) is 7.73. The molecule has 1 aliphatic carbocycles. The monoisotopic (exact) mass is 257 g/mol. The Balaban J connectivity index is 2.11. The van der Waals surface area contributed by atoms with Gasteiger partial charge in [0.25, 0.3) is 0 Å². The van der Waals surface area contributed by atoms with Gasteiger partial charge >= 0.3 is 0 Å². The summed E-state index contributed by atoms with van der Waals surface area (Å²) in [5, 5.41) is 0. The van der Waals surface area contributed by atoms with E-state index in [1.54, 1.807) is 0 Å². The summed E-state index contributed by atoms with van der Waals surface area (Å²) >= 11 is 0. The molecule has 2 rings (SSSR count). The Morgan fingerprint density at radius 3 is 2.21 bits per heavy atom. The molecule has 0 heterocycles. The lowest BCUT2D eigenvalue weighted by atomic mass is 9.90. The van der Waals surface area contributed by atoms with E-state index in [0.717, 1.165) is 0 Å². The van der Waals surface area contributed by atoms with Crippen molar-refractivity contribution in [2.75, 3.05) is 0 Å². The normalized spacial score (nSPS) is 21.4. The van der Waals surface area contributed by atoms with Crippen LogP contribution in [0.15, 0.2) is 35.9 Å². The third-order valence-electron chi connectivity index (χ3n) is 4.19. The Labute approximate surface area is 117 Å². The van der Waals surface area contributed by atoms with Crippen molar-refractivity contribution >= 4 is 0 Å². The molecule has 0 saturated heterocycles. The topological polar surface area (TPSA) is 26.0 Å². The highest BCUT2D eigenvalue weighted by atomic mass is 14.6. The van der Waals surface area contributed by atoms with E-state index >= 15 is 0 Å². The average Bonchev–Trinajstić information content (AvgIpc) is 2.38. The molecule has 104 valence electrons. The Morgan fingerprint density at radius 2 is 1.53 bits per heavy atom. The van der Waals surface area contributed by atoms with Crippen molar-refractivity contribution in [3.63, 3.8) is 0 Å². The molecule has 1 aromatic carbocycles. The number of hydrogen-bond donors (Lipinski definition) is 1. The fourth-order valence-corrected chi connectivity index (χ4v) is 2.80. The molecular formula is C18H27N. The number of hydrogen-bond acceptors (Lipinski definition) is 1. The first-order chi connectivity index (χ1) is 9.18. The minimum atomic E-state index is 0.0966. The van der Waals surface area contributed by atoms with E-state index in [1.165, 1.54) is 55.2 Å². The van der Waals surface area contributed by atoms with Crippen molar-refractivity contribution in [1.29, 1.82) is 0 Å². The molecule has 0 aromatic heterocycles. The molecule has 0 fully saturated rings. The van der Waals surface area contributed by atoms with Gasteiger partial charge in [-0.25, -0.2) is 0 Å². The van der Waals surface area contributed by atoms with Crippen LogP contribution in [-0.4, -0.2) is 0 Å². The predicted octanol–water partition coefficient (Wildman–Crippen LogP) is 5.09. The van der Waals surface area contributed by atoms with Crippen LogP contribution >= 0.6 is 0 Å². The fraction of sp³-hybridized carbons (Fsp3) is 0.556. The Bertz CT molecular complexity index is 414. The van der Waals surface area contributed by atoms with Crippen LogP contribution in [0.1, 0.15) is 75.5 Å². The molecule has 0 saturated carbocycles. The molecule has 1 atom stereocenters. The molecule has 1 nitrogen and oxygen atoms in total. The van der Waals surface area contributed by atoms with Gasteiger partial charge in [-0.1, -0.05) is 62.6 Å². The van der Waals surface area contributed by atoms with E-state index in [-0.39, 0.29) is 6.04 Å². The summed E-state index contributed by atoms with van der Waals surface area (Å²) < 4.78 is 0. The van der Waals surface area contributed by atoms with Gasteiger partial charge in [0.15, 0.2) is 0 Å². The highest BCUT2D eigenvalue weighted by Crippen LogP contribution is 2.27. The van der Waals surface area contributed by atoms with Crippen LogP contribution in [0.5, 0.6) is 0 Å². The average molecular weight is 257 g/mol. The Kier molecular flexibility index (Phi) is 5.21. The lowest BCUT2D eigenvalue weighted by Gasteiger charge is -2.19. The van der Waals surface area contributed by atoms with Gasteiger partial charge in [0, 0.05) is 0 Å². The van der Waals surface area contributed by atoms with Gasteiger partial charge < -0.3 is 5.73 Å². The molecule has 0 aliphatic heterocycles. The lowest BCUT2D eigenvalue weighted by molar-refractivity contribution is 0.602. The largest absolute Gasteiger partial charge is 0.321 e. The summed E-state index contributed by atoms with van der Waals surface area (Å²) in [6.07, 6.45) is 10.1. The van der Waals surface area contributed by atoms with Gasteiger partial charge in [0.1, 0.15) is 0 Å². The molecule has 1 unspecified atom stereocenters. The number of allylic oxidation sites excluding steroid dienone is 1. The standard InChI is InChI=1S/C18H27N/c1-14(2)15-10-12-17(13-11-15)18(19)16-8-6-4-3-5-7-9-16/h8,10-14,18H,3-7,9,19H2,1-2H3/b16-8+. The van der Waals surface area contributed by atoms with Gasteiger partial charge in [0.2, 0.25) is 0 Å². The minimum absolute atomic E-state index is 0.0966. The molecule has 1 aromatic rings. The van der Waals surface area contributed by atoms with Gasteiger partial charge in [-0.2, -0.15) is 0 Å². The molecule has 0 bridgehead atoms. The van der Waals surface area contributed by atoms with E-state index in [9.17, 15) is 0 Å². The zero-order valence-electron chi connectivity index (χ0n) is 12.4. The zero-order valence-corrected chi connectivity index (χ0v) is 12.4. The van der Waals surface area contributed by atoms with E-state index in [1.807, 2.05) is 0 Å². The number of nitrogens with two attached hydrogens (primary N) is 1. The van der Waals surface area contributed by atoms with Gasteiger partial charge in [-0.3, -0.25) is 0 Å². The molecule has 0 spiro atoms. The second kappa shape index (κ2) is 6.91. The van der Waals surface area contributed by atoms with Crippen molar-refractivity contribution in [2.24, 2.45) is 5.73 Å². The zero-order chi connectivity index (χ0) is 13.7. The summed E-state index contributed by atoms with van der Waals surface area (Å²) in [5.41, 5.74) is 10.5. The SMILES string of the molecule is CC(C)c1ccc(C(N)/C2=C/CCCCCC2)cc1. The van der Waals surface area contributed by atoms with Crippen molar-refractivity contribution in [3.05, 3.63) is 47.0 Å². The van der Waals surface area contributed by atoms with E-state index in [0.29, 0.717) is 5.92 Å². The fourth-order valence-electron chi connectivity index (χ4n) is 2.80. The van der Waals surface area contributed by atoms with Crippen molar-refractivity contribution in [1.82, 2.24) is 0 Å². The maximum Gasteiger partial charge on any atom is 0.0510 e. The number of rotatable bonds is 3. The minimum Gasteiger partial charge on any atom is -0.321 e. The predicted molar refractivity (Wildman–Crippen MR) is 83.2 cm³/mol. The van der Waals surface area contributed by atoms with Crippen molar-refractivity contribution in [2.45, 2.75) is 64.3 Å². The third-order valence-corrected chi connectivity index (χ3v) is 4.19. The maximum atomic E-state index is 6.45. The van der Waals surface area contributed by atoms with Crippen molar-refractivity contribution < 1.29 is 0 Å². The van der Waals surface area contributed by atoms with Crippen LogP contribution in [-0.2, 0) is 0 Å². The third kappa shape index (κ3) is 3.94. The van der Waals surface area contributed by atoms with Crippen LogP contribution in [0.2, 0.25) is 0 Å². The van der Waals surface area contributed by atoms with Crippen LogP contribution in [0.25, 0.3) is 0 Å². The van der Waals surface area contributed by atoms with Gasteiger partial charge in [-0.05, 0) is 42.7 Å². The smallest absolute Gasteiger partial charge is 0.0510 e. The first-order valence-corrected chi connectivity index (χ1v) is 7.73. The quantitative estimate of drug-likeness (QED) is 0.750. The summed E-state index contributed by atoms with van der Waals surface area (Å²) in [4.78, 5) is 0. The van der Waals surface area contributed by atoms with Crippen LogP contribution < -0.4 is 5.73 Å². The Morgan fingerprint density at radius 1 is 0.895 bits per heavy atom. The van der Waals surface area contributed by atoms with Crippen LogP contribution in [0.3, 0.4) is 0 Å². The van der Waals surface area contributed by atoms with Gasteiger partial charge in [0.05, 0.1) is 6.04 Å². The molecular weight excluding hydrogens is 230 g/mol. The first kappa shape index (κ1) is 14.3. The highest BCUT2D eigenvalue weighted by Gasteiger charge is 2.13. The molecule has 2 N–H and O–H groups in total. The van der Waals surface area contributed by atoms with E-state index < -0.39 is 0 Å². The lowest BCUT2D eigenvalue weighted by Crippen LogP contribution is -2.14. The molecule has 1 heteroatoms. The summed E-state index contributed by atoms with van der Waals surface area (Å²) in [5.74, 6) is 0.589. The summed E-state index contributed by atoms with van der Waals surface area (Å²) in [7, 11) is 0. The van der Waals surface area contributed by atoms with Gasteiger partial charge in [-0.15, -0.1) is 0 Å². The second-order valence-corrected chi connectivity index (χ2v) is 6.03. The summed E-state index contributed by atoms with van der Waals surface area (Å²) in [6, 6.07) is 8.96. The second-order valence-electron chi connectivity index (χ2n) is 6.03. The molecule has 19 heavy (non-hydrogen) atoms. The molecule has 0 amide bonds. The summed E-state index contributed by atoms with van der Waals surface area (Å²) in [6.45, 7) is 4.46. The van der Waals surface area contributed by atoms with Crippen LogP contribution in [0.4, 0.5) is 0 Å². The number of benzene rings is 1. The van der Waals surface area contributed by atoms with Crippen molar-refractivity contribution in [3.8, 4) is 0 Å². The van der Waals surface area contributed by atoms with E-state index in [4.69, 9.17) is 5.73 Å². The maximum absolute atomic E-state index is 6.45. The Hall–Kier alpha value is -1.08. The van der Waals surface area contributed by atoms with Crippen LogP contribution in [0, 0.1) is 0 Å². The molecule has 1 aliphatic rings. The molecule has 0 radical (unpaired) electrons. The van der Waals surface area contributed by atoms with E-state index in [2.05, 4.69) is 44.2 Å². The highest BCUT2D eigenvalue weighted by molar-refractivity contribution is 5.31.